The quantitative estimate of drug-likeness (QED) is 0.771. The smallest absolute Gasteiger partial charge is 0.288 e. The highest BCUT2D eigenvalue weighted by molar-refractivity contribution is 7.29. The molecule has 0 saturated heterocycles. The second-order valence-corrected chi connectivity index (χ2v) is 6.35. The molecule has 1 aromatic carbocycles. The van der Waals surface area contributed by atoms with Crippen molar-refractivity contribution in [1.29, 1.82) is 0 Å². The van der Waals surface area contributed by atoms with E-state index in [1.807, 2.05) is 24.3 Å². The van der Waals surface area contributed by atoms with E-state index in [1.54, 1.807) is 6.20 Å². The lowest BCUT2D eigenvalue weighted by molar-refractivity contribution is 0.0988. The van der Waals surface area contributed by atoms with Crippen LogP contribution in [0.3, 0.4) is 0 Å². The fourth-order valence-corrected chi connectivity index (χ4v) is 3.97. The maximum absolute atomic E-state index is 11.6. The number of nitrogens with zero attached hydrogens (tertiary/aromatic N) is 2. The molecule has 0 aliphatic heterocycles. The third-order valence-corrected chi connectivity index (χ3v) is 5.05. The predicted octanol–water partition coefficient (Wildman–Crippen LogP) is 1.81. The van der Waals surface area contributed by atoms with Crippen LogP contribution in [0, 0.1) is 0 Å². The van der Waals surface area contributed by atoms with Gasteiger partial charge in [0.15, 0.2) is 0 Å². The van der Waals surface area contributed by atoms with Gasteiger partial charge in [0, 0.05) is 0 Å². The van der Waals surface area contributed by atoms with Gasteiger partial charge in [0.2, 0.25) is 0 Å². The first-order chi connectivity index (χ1) is 9.69. The SMILES string of the molecule is O=c1sc(-c2cnc3ccccc3n2)c([C@H](O)CO)s1. The number of aliphatic hydroxyl groups is 2. The monoisotopic (exact) mass is 306 g/mol. The lowest BCUT2D eigenvalue weighted by atomic mass is 10.2. The van der Waals surface area contributed by atoms with Crippen molar-refractivity contribution in [3.63, 3.8) is 0 Å². The third kappa shape index (κ3) is 2.36. The van der Waals surface area contributed by atoms with E-state index in [1.165, 1.54) is 0 Å². The van der Waals surface area contributed by atoms with E-state index in [0.717, 1.165) is 33.7 Å². The number of benzene rings is 1. The van der Waals surface area contributed by atoms with Crippen molar-refractivity contribution < 1.29 is 10.2 Å². The lowest BCUT2D eigenvalue weighted by Gasteiger charge is -2.07. The van der Waals surface area contributed by atoms with Crippen LogP contribution in [0.5, 0.6) is 0 Å². The number of hydrogen-bond acceptors (Lipinski definition) is 7. The van der Waals surface area contributed by atoms with Crippen molar-refractivity contribution in [2.24, 2.45) is 0 Å². The summed E-state index contributed by atoms with van der Waals surface area (Å²) in [5.41, 5.74) is 2.03. The molecule has 0 bridgehead atoms. The van der Waals surface area contributed by atoms with Gasteiger partial charge in [-0.3, -0.25) is 9.78 Å². The molecule has 5 nitrogen and oxygen atoms in total. The Morgan fingerprint density at radius 2 is 1.95 bits per heavy atom. The summed E-state index contributed by atoms with van der Waals surface area (Å²) >= 11 is 1.94. The van der Waals surface area contributed by atoms with Crippen LogP contribution in [0.25, 0.3) is 21.6 Å². The summed E-state index contributed by atoms with van der Waals surface area (Å²) in [6.07, 6.45) is 0.510. The van der Waals surface area contributed by atoms with Gasteiger partial charge in [0.1, 0.15) is 11.8 Å². The van der Waals surface area contributed by atoms with Crippen LogP contribution in [0.4, 0.5) is 0 Å². The molecule has 0 unspecified atom stereocenters. The van der Waals surface area contributed by atoms with Gasteiger partial charge in [-0.2, -0.15) is 0 Å². The standard InChI is InChI=1S/C13H10N2O3S2/c16-6-10(17)12-11(19-13(18)20-12)9-5-14-7-3-1-2-4-8(7)15-9/h1-5,10,16-17H,6H2/t10-/m1/s1. The number of hydrogen-bond donors (Lipinski definition) is 2. The lowest BCUT2D eigenvalue weighted by Crippen LogP contribution is -2.01. The summed E-state index contributed by atoms with van der Waals surface area (Å²) in [5, 5.41) is 18.8. The summed E-state index contributed by atoms with van der Waals surface area (Å²) < 4.78 is -0.141. The largest absolute Gasteiger partial charge is 0.393 e. The molecule has 2 aromatic heterocycles. The minimum Gasteiger partial charge on any atom is -0.393 e. The zero-order valence-electron chi connectivity index (χ0n) is 10.2. The molecule has 0 spiro atoms. The van der Waals surface area contributed by atoms with Gasteiger partial charge in [-0.1, -0.05) is 34.8 Å². The van der Waals surface area contributed by atoms with E-state index < -0.39 is 12.7 Å². The van der Waals surface area contributed by atoms with E-state index in [0.29, 0.717) is 15.4 Å². The van der Waals surface area contributed by atoms with Crippen molar-refractivity contribution in [2.45, 2.75) is 6.10 Å². The van der Waals surface area contributed by atoms with Crippen molar-refractivity contribution in [2.75, 3.05) is 6.61 Å². The van der Waals surface area contributed by atoms with Crippen LogP contribution in [-0.2, 0) is 0 Å². The highest BCUT2D eigenvalue weighted by atomic mass is 32.2. The van der Waals surface area contributed by atoms with Crippen molar-refractivity contribution >= 4 is 33.7 Å². The van der Waals surface area contributed by atoms with Crippen LogP contribution in [0.2, 0.25) is 0 Å². The molecule has 1 atom stereocenters. The molecule has 0 aliphatic carbocycles. The molecule has 7 heteroatoms. The Morgan fingerprint density at radius 1 is 1.20 bits per heavy atom. The normalized spacial score (nSPS) is 12.7. The summed E-state index contributed by atoms with van der Waals surface area (Å²) in [6, 6.07) is 7.43. The minimum atomic E-state index is -1.07. The van der Waals surface area contributed by atoms with Crippen molar-refractivity contribution in [1.82, 2.24) is 9.97 Å². The zero-order chi connectivity index (χ0) is 14.1. The average molecular weight is 306 g/mol. The predicted molar refractivity (Wildman–Crippen MR) is 79.0 cm³/mol. The molecule has 0 fully saturated rings. The molecule has 3 rings (SSSR count). The van der Waals surface area contributed by atoms with Gasteiger partial charge in [-0.15, -0.1) is 0 Å². The van der Waals surface area contributed by atoms with E-state index >= 15 is 0 Å². The molecule has 2 N–H and O–H groups in total. The number of aromatic nitrogens is 2. The second-order valence-electron chi connectivity index (χ2n) is 4.09. The van der Waals surface area contributed by atoms with E-state index in [-0.39, 0.29) is 4.06 Å². The van der Waals surface area contributed by atoms with Gasteiger partial charge in [-0.05, 0) is 12.1 Å². The summed E-state index contributed by atoms with van der Waals surface area (Å²) in [4.78, 5) is 21.3. The fourth-order valence-electron chi connectivity index (χ4n) is 1.84. The van der Waals surface area contributed by atoms with Crippen molar-refractivity contribution in [3.05, 3.63) is 44.2 Å². The molecule has 2 heterocycles. The van der Waals surface area contributed by atoms with Gasteiger partial charge >= 0.3 is 0 Å². The number of aliphatic hydroxyl groups excluding tert-OH is 2. The molecule has 0 saturated carbocycles. The maximum Gasteiger partial charge on any atom is 0.288 e. The van der Waals surface area contributed by atoms with Crippen LogP contribution in [0.1, 0.15) is 11.0 Å². The van der Waals surface area contributed by atoms with E-state index in [4.69, 9.17) is 5.11 Å². The summed E-state index contributed by atoms with van der Waals surface area (Å²) in [7, 11) is 0. The first kappa shape index (κ1) is 13.3. The first-order valence-corrected chi connectivity index (χ1v) is 7.47. The molecule has 102 valence electrons. The third-order valence-electron chi connectivity index (χ3n) is 2.76. The summed E-state index contributed by atoms with van der Waals surface area (Å²) in [5.74, 6) is 0. The zero-order valence-corrected chi connectivity index (χ0v) is 11.8. The van der Waals surface area contributed by atoms with Gasteiger partial charge < -0.3 is 10.2 Å². The van der Waals surface area contributed by atoms with Crippen LogP contribution in [-0.4, -0.2) is 26.8 Å². The number of para-hydroxylation sites is 2. The molecule has 0 radical (unpaired) electrons. The highest BCUT2D eigenvalue weighted by Gasteiger charge is 2.19. The Hall–Kier alpha value is -1.67. The van der Waals surface area contributed by atoms with Gasteiger partial charge in [0.05, 0.1) is 33.6 Å². The Balaban J connectivity index is 2.17. The Bertz CT molecular complexity index is 812. The van der Waals surface area contributed by atoms with E-state index in [2.05, 4.69) is 9.97 Å². The average Bonchev–Trinajstić information content (AvgIpc) is 2.88. The minimum absolute atomic E-state index is 0.141. The Morgan fingerprint density at radius 3 is 2.70 bits per heavy atom. The van der Waals surface area contributed by atoms with Crippen molar-refractivity contribution in [3.8, 4) is 10.6 Å². The molecular weight excluding hydrogens is 296 g/mol. The molecule has 3 aromatic rings. The van der Waals surface area contributed by atoms with Crippen LogP contribution in [0.15, 0.2) is 35.3 Å². The topological polar surface area (TPSA) is 83.3 Å². The van der Waals surface area contributed by atoms with Crippen LogP contribution < -0.4 is 4.06 Å². The van der Waals surface area contributed by atoms with Gasteiger partial charge in [0.25, 0.3) is 4.06 Å². The number of rotatable bonds is 3. The first-order valence-electron chi connectivity index (χ1n) is 5.84. The molecule has 0 aliphatic rings. The molecule has 20 heavy (non-hydrogen) atoms. The Kier molecular flexibility index (Phi) is 3.58. The number of fused-ring (bicyclic) bond motifs is 1. The summed E-state index contributed by atoms with van der Waals surface area (Å²) in [6.45, 7) is -0.430. The second kappa shape index (κ2) is 5.37. The van der Waals surface area contributed by atoms with E-state index in [9.17, 15) is 9.90 Å². The highest BCUT2D eigenvalue weighted by Crippen LogP contribution is 2.33. The molecular formula is C13H10N2O3S2. The van der Waals surface area contributed by atoms with Crippen LogP contribution >= 0.6 is 22.7 Å². The Labute approximate surface area is 121 Å². The maximum atomic E-state index is 11.6. The molecule has 0 amide bonds. The van der Waals surface area contributed by atoms with Gasteiger partial charge in [-0.25, -0.2) is 4.98 Å². The fraction of sp³-hybridized carbons (Fsp3) is 0.154.